The molecule has 0 saturated carbocycles. The van der Waals surface area contributed by atoms with E-state index in [1.54, 1.807) is 11.1 Å². The minimum atomic E-state index is 1.25. The largest absolute Gasteiger partial charge is 0.387 e. The van der Waals surface area contributed by atoms with E-state index in [1.807, 2.05) is 0 Å². The van der Waals surface area contributed by atoms with Gasteiger partial charge in [-0.2, -0.15) is 0 Å². The molecule has 2 N–H and O–H groups in total. The lowest BCUT2D eigenvalue weighted by Gasteiger charge is -2.08. The Morgan fingerprint density at radius 2 is 1.50 bits per heavy atom. The molecule has 2 aliphatic carbocycles. The summed E-state index contributed by atoms with van der Waals surface area (Å²) in [5.74, 6) is 0. The minimum absolute atomic E-state index is 1.25. The monoisotopic (exact) mass is 189 g/mol. The Morgan fingerprint density at radius 1 is 0.929 bits per heavy atom. The van der Waals surface area contributed by atoms with E-state index in [0.717, 1.165) is 0 Å². The third-order valence-corrected chi connectivity index (χ3v) is 3.59. The predicted molar refractivity (Wildman–Crippen MR) is 56.6 cm³/mol. The van der Waals surface area contributed by atoms with Crippen LogP contribution in [0.4, 0.5) is 5.69 Å². The highest BCUT2D eigenvalue weighted by atomic mass is 14.9. The number of H-pyrrole nitrogens is 1. The second kappa shape index (κ2) is 2.97. The summed E-state index contributed by atoms with van der Waals surface area (Å²) in [4.78, 5) is 3.64. The van der Waals surface area contributed by atoms with Crippen molar-refractivity contribution in [3.05, 3.63) is 22.5 Å². The molecule has 74 valence electrons. The second-order valence-electron chi connectivity index (χ2n) is 4.37. The lowest BCUT2D eigenvalue weighted by atomic mass is 10.1. The fraction of sp³-hybridized carbons (Fsp3) is 0.583. The fourth-order valence-electron chi connectivity index (χ4n) is 2.98. The number of nitrogens with one attached hydrogen (secondary N) is 2. The number of aromatic amines is 1. The summed E-state index contributed by atoms with van der Waals surface area (Å²) in [6.45, 7) is 0. The van der Waals surface area contributed by atoms with E-state index in [1.165, 1.54) is 55.6 Å². The van der Waals surface area contributed by atoms with Crippen LogP contribution in [0.1, 0.15) is 35.4 Å². The van der Waals surface area contributed by atoms with Crippen molar-refractivity contribution in [1.82, 2.24) is 0 Å². The van der Waals surface area contributed by atoms with E-state index in [4.69, 9.17) is 0 Å². The maximum atomic E-state index is 3.64. The van der Waals surface area contributed by atoms with E-state index in [-0.39, 0.29) is 0 Å². The van der Waals surface area contributed by atoms with Crippen LogP contribution >= 0.6 is 0 Å². The van der Waals surface area contributed by atoms with Gasteiger partial charge in [0.2, 0.25) is 0 Å². The highest BCUT2D eigenvalue weighted by Crippen LogP contribution is 2.33. The summed E-state index contributed by atoms with van der Waals surface area (Å²) < 4.78 is 0. The van der Waals surface area contributed by atoms with Gasteiger partial charge in [0.15, 0.2) is 11.4 Å². The fourth-order valence-corrected chi connectivity index (χ4v) is 2.98. The van der Waals surface area contributed by atoms with Crippen LogP contribution in [-0.4, -0.2) is 7.05 Å². The van der Waals surface area contributed by atoms with E-state index in [0.29, 0.717) is 0 Å². The lowest BCUT2D eigenvalue weighted by Crippen LogP contribution is -2.19. The van der Waals surface area contributed by atoms with Crippen LogP contribution in [0.15, 0.2) is 0 Å². The molecule has 0 unspecified atom stereocenters. The number of rotatable bonds is 1. The van der Waals surface area contributed by atoms with Crippen molar-refractivity contribution in [3.63, 3.8) is 0 Å². The Morgan fingerprint density at radius 3 is 2.00 bits per heavy atom. The van der Waals surface area contributed by atoms with Crippen LogP contribution in [0.5, 0.6) is 0 Å². The van der Waals surface area contributed by atoms with Crippen LogP contribution in [0.3, 0.4) is 0 Å². The van der Waals surface area contributed by atoms with Crippen molar-refractivity contribution >= 4 is 5.69 Å². The molecule has 0 aromatic carbocycles. The first-order valence-electron chi connectivity index (χ1n) is 5.66. The van der Waals surface area contributed by atoms with Crippen molar-refractivity contribution in [1.29, 1.82) is 0 Å². The molecule has 1 heterocycles. The lowest BCUT2D eigenvalue weighted by molar-refractivity contribution is -0.400. The molecule has 0 radical (unpaired) electrons. The molecule has 2 nitrogen and oxygen atoms in total. The van der Waals surface area contributed by atoms with Gasteiger partial charge in [0, 0.05) is 31.0 Å². The molecule has 2 aliphatic rings. The third kappa shape index (κ3) is 0.999. The molecule has 14 heavy (non-hydrogen) atoms. The van der Waals surface area contributed by atoms with Crippen molar-refractivity contribution in [3.8, 4) is 0 Å². The molecule has 1 aromatic heterocycles. The highest BCUT2D eigenvalue weighted by molar-refractivity contribution is 5.60. The molecule has 0 spiro atoms. The van der Waals surface area contributed by atoms with Crippen molar-refractivity contribution in [2.24, 2.45) is 0 Å². The van der Waals surface area contributed by atoms with E-state index < -0.39 is 0 Å². The Bertz CT molecular complexity index is 350. The first-order chi connectivity index (χ1) is 6.90. The second-order valence-corrected chi connectivity index (χ2v) is 4.37. The van der Waals surface area contributed by atoms with Gasteiger partial charge in [-0.1, -0.05) is 0 Å². The van der Waals surface area contributed by atoms with Gasteiger partial charge in [0.25, 0.3) is 0 Å². The zero-order valence-corrected chi connectivity index (χ0v) is 8.74. The maximum absolute atomic E-state index is 3.64. The Labute approximate surface area is 84.7 Å². The van der Waals surface area contributed by atoms with Crippen LogP contribution in [-0.2, 0) is 25.7 Å². The molecule has 3 rings (SSSR count). The molecule has 0 aliphatic heterocycles. The predicted octanol–water partition coefficient (Wildman–Crippen LogP) is 1.52. The zero-order chi connectivity index (χ0) is 9.54. The number of hydrogen-bond acceptors (Lipinski definition) is 1. The number of fused-ring (bicyclic) bond motifs is 2. The molecule has 1 aromatic rings. The molecular weight excluding hydrogens is 172 g/mol. The van der Waals surface area contributed by atoms with Crippen LogP contribution < -0.4 is 10.3 Å². The zero-order valence-electron chi connectivity index (χ0n) is 8.74. The van der Waals surface area contributed by atoms with Gasteiger partial charge in [0.05, 0.1) is 5.69 Å². The van der Waals surface area contributed by atoms with Gasteiger partial charge < -0.3 is 5.32 Å². The summed E-state index contributed by atoms with van der Waals surface area (Å²) in [5, 5.41) is 3.41. The summed E-state index contributed by atoms with van der Waals surface area (Å²) in [5.41, 5.74) is 7.56. The van der Waals surface area contributed by atoms with E-state index in [2.05, 4.69) is 17.3 Å². The number of pyridine rings is 1. The van der Waals surface area contributed by atoms with Crippen molar-refractivity contribution < 1.29 is 4.98 Å². The Balaban J connectivity index is 2.24. The van der Waals surface area contributed by atoms with Crippen LogP contribution in [0.25, 0.3) is 0 Å². The molecule has 0 atom stereocenters. The maximum Gasteiger partial charge on any atom is 0.185 e. The molecular formula is C12H17N2+. The average Bonchev–Trinajstić information content (AvgIpc) is 2.80. The van der Waals surface area contributed by atoms with Gasteiger partial charge >= 0.3 is 0 Å². The first kappa shape index (κ1) is 8.27. The number of hydrogen-bond donors (Lipinski definition) is 1. The van der Waals surface area contributed by atoms with E-state index >= 15 is 0 Å². The Hall–Kier alpha value is -1.05. The quantitative estimate of drug-likeness (QED) is 0.712. The van der Waals surface area contributed by atoms with Gasteiger partial charge in [-0.25, -0.2) is 4.98 Å². The van der Waals surface area contributed by atoms with Gasteiger partial charge in [-0.15, -0.1) is 0 Å². The average molecular weight is 189 g/mol. The van der Waals surface area contributed by atoms with Gasteiger partial charge in [-0.05, 0) is 25.7 Å². The normalized spacial score (nSPS) is 18.1. The van der Waals surface area contributed by atoms with Crippen molar-refractivity contribution in [2.75, 3.05) is 12.4 Å². The summed E-state index contributed by atoms with van der Waals surface area (Å²) in [7, 11) is 2.06. The molecule has 0 fully saturated rings. The van der Waals surface area contributed by atoms with Gasteiger partial charge in [0.1, 0.15) is 0 Å². The first-order valence-corrected chi connectivity index (χ1v) is 5.66. The van der Waals surface area contributed by atoms with Gasteiger partial charge in [-0.3, -0.25) is 0 Å². The van der Waals surface area contributed by atoms with Crippen molar-refractivity contribution in [2.45, 2.75) is 38.5 Å². The topological polar surface area (TPSA) is 26.2 Å². The number of anilines is 1. The third-order valence-electron chi connectivity index (χ3n) is 3.59. The highest BCUT2D eigenvalue weighted by Gasteiger charge is 2.29. The summed E-state index contributed by atoms with van der Waals surface area (Å²) >= 11 is 0. The van der Waals surface area contributed by atoms with Crippen LogP contribution in [0.2, 0.25) is 0 Å². The summed E-state index contributed by atoms with van der Waals surface area (Å²) in [6.07, 6.45) is 7.66. The van der Waals surface area contributed by atoms with E-state index in [9.17, 15) is 0 Å². The Kier molecular flexibility index (Phi) is 1.76. The summed E-state index contributed by atoms with van der Waals surface area (Å²) in [6, 6.07) is 0. The smallest absolute Gasteiger partial charge is 0.185 e. The molecule has 0 bridgehead atoms. The SMILES string of the molecule is CNc1c2c([nH+]c3c1CCC3)CCC2. The van der Waals surface area contributed by atoms with Crippen LogP contribution in [0, 0.1) is 0 Å². The molecule has 0 amide bonds. The standard InChI is InChI=1S/C12H16N2/c1-13-12-8-4-2-6-10(8)14-11-7-3-5-9(11)12/h2-7H2,1H3,(H,13,14)/p+1. The number of aromatic nitrogens is 1. The number of aryl methyl sites for hydroxylation is 2. The minimum Gasteiger partial charge on any atom is -0.387 e. The molecule has 2 heteroatoms. The molecule has 0 saturated heterocycles.